The molecule has 2 N–H and O–H groups in total. The molecule has 5 rings (SSSR count). The van der Waals surface area contributed by atoms with Crippen LogP contribution in [-0.2, 0) is 16.1 Å². The number of rotatable bonds is 8. The Morgan fingerprint density at radius 1 is 1.08 bits per heavy atom. The van der Waals surface area contributed by atoms with E-state index in [1.165, 1.54) is 0 Å². The summed E-state index contributed by atoms with van der Waals surface area (Å²) in [6, 6.07) is 23.4. The van der Waals surface area contributed by atoms with Gasteiger partial charge in [-0.25, -0.2) is 0 Å². The minimum absolute atomic E-state index is 0. The van der Waals surface area contributed by atoms with E-state index in [1.54, 1.807) is 0 Å². The first-order chi connectivity index (χ1) is 17.5. The molecule has 1 amide bonds. The molecule has 3 aromatic rings. The van der Waals surface area contributed by atoms with Gasteiger partial charge in [-0.2, -0.15) is 0 Å². The minimum Gasteiger partial charge on any atom is -0.487 e. The molecular weight excluding hydrogens is 456 g/mol. The van der Waals surface area contributed by atoms with E-state index in [1.807, 2.05) is 80.8 Å². The number of anilines is 1. The number of nitrogens with zero attached hydrogens (tertiary/aromatic N) is 1. The second kappa shape index (κ2) is 10.6. The van der Waals surface area contributed by atoms with Crippen molar-refractivity contribution in [3.05, 3.63) is 83.9 Å². The van der Waals surface area contributed by atoms with Gasteiger partial charge in [0.25, 0.3) is 0 Å². The van der Waals surface area contributed by atoms with Crippen LogP contribution in [0.1, 0.15) is 32.7 Å². The monoisotopic (exact) mass is 492 g/mol. The minimum atomic E-state index is -0.464. The number of carbonyl (C=O) groups excluding carboxylic acids is 1. The molecular formula is C29H36N2O5. The summed E-state index contributed by atoms with van der Waals surface area (Å²) < 4.78 is 18.1. The number of hydrogen-bond acceptors (Lipinski definition) is 6. The molecule has 0 radical (unpaired) electrons. The van der Waals surface area contributed by atoms with Crippen LogP contribution in [0.4, 0.5) is 5.69 Å². The Labute approximate surface area is 214 Å². The average Bonchev–Trinajstić information content (AvgIpc) is 3.26. The van der Waals surface area contributed by atoms with E-state index >= 15 is 0 Å². The van der Waals surface area contributed by atoms with Crippen molar-refractivity contribution >= 4 is 11.6 Å². The Hall–Kier alpha value is -3.55. The van der Waals surface area contributed by atoms with Crippen LogP contribution < -0.4 is 19.7 Å². The molecule has 0 bridgehead atoms. The third-order valence-corrected chi connectivity index (χ3v) is 6.80. The van der Waals surface area contributed by atoms with Crippen LogP contribution in [-0.4, -0.2) is 50.0 Å². The number of aliphatic hydroxyl groups is 1. The summed E-state index contributed by atoms with van der Waals surface area (Å²) in [4.78, 5) is 14.8. The zero-order valence-electron chi connectivity index (χ0n) is 20.6. The summed E-state index contributed by atoms with van der Waals surface area (Å²) in [6.07, 6.45) is -0.0865. The van der Waals surface area contributed by atoms with E-state index in [9.17, 15) is 9.90 Å². The molecule has 0 spiro atoms. The SMILES string of the molecule is CN(C)c1ccc2c(c1)[C@@H]1C[C@@H](CC(=O)NCc3ccc(Oc4ccccc4)cc3)O[C@@H](CO)[C@@H]1O2.[HH].[HH]. The van der Waals surface area contributed by atoms with Crippen molar-refractivity contribution in [3.8, 4) is 17.2 Å². The van der Waals surface area contributed by atoms with Crippen LogP contribution in [0, 0.1) is 0 Å². The highest BCUT2D eigenvalue weighted by molar-refractivity contribution is 5.76. The normalized spacial score (nSPS) is 22.2. The summed E-state index contributed by atoms with van der Waals surface area (Å²) in [6.45, 7) is 0.274. The predicted molar refractivity (Wildman–Crippen MR) is 142 cm³/mol. The Kier molecular flexibility index (Phi) is 7.11. The van der Waals surface area contributed by atoms with E-state index in [4.69, 9.17) is 14.2 Å². The molecule has 192 valence electrons. The van der Waals surface area contributed by atoms with Gasteiger partial charge in [-0.3, -0.25) is 4.79 Å². The molecule has 2 heterocycles. The Morgan fingerprint density at radius 2 is 1.83 bits per heavy atom. The molecule has 4 atom stereocenters. The first-order valence-electron chi connectivity index (χ1n) is 12.3. The van der Waals surface area contributed by atoms with Crippen molar-refractivity contribution in [1.82, 2.24) is 5.32 Å². The van der Waals surface area contributed by atoms with Crippen molar-refractivity contribution in [2.45, 2.75) is 43.6 Å². The highest BCUT2D eigenvalue weighted by Crippen LogP contribution is 2.47. The molecule has 0 aliphatic carbocycles. The van der Waals surface area contributed by atoms with Gasteiger partial charge in [0.15, 0.2) is 0 Å². The van der Waals surface area contributed by atoms with Gasteiger partial charge in [0.2, 0.25) is 5.91 Å². The van der Waals surface area contributed by atoms with Crippen LogP contribution in [0.25, 0.3) is 0 Å². The van der Waals surface area contributed by atoms with E-state index in [0.717, 1.165) is 34.1 Å². The molecule has 36 heavy (non-hydrogen) atoms. The third kappa shape index (κ3) is 5.32. The van der Waals surface area contributed by atoms with Crippen molar-refractivity contribution in [1.29, 1.82) is 0 Å². The topological polar surface area (TPSA) is 80.3 Å². The number of carbonyl (C=O) groups is 1. The van der Waals surface area contributed by atoms with Gasteiger partial charge in [0.1, 0.15) is 29.5 Å². The maximum atomic E-state index is 12.8. The quantitative estimate of drug-likeness (QED) is 0.473. The van der Waals surface area contributed by atoms with E-state index in [2.05, 4.69) is 16.3 Å². The van der Waals surface area contributed by atoms with Crippen LogP contribution in [0.2, 0.25) is 0 Å². The van der Waals surface area contributed by atoms with E-state index < -0.39 is 6.10 Å². The maximum Gasteiger partial charge on any atom is 0.222 e. The number of hydrogen-bond donors (Lipinski definition) is 2. The van der Waals surface area contributed by atoms with Crippen molar-refractivity contribution in [2.75, 3.05) is 25.6 Å². The fourth-order valence-corrected chi connectivity index (χ4v) is 4.93. The molecule has 0 unspecified atom stereocenters. The number of aliphatic hydroxyl groups excluding tert-OH is 1. The lowest BCUT2D eigenvalue weighted by Crippen LogP contribution is -2.47. The van der Waals surface area contributed by atoms with Crippen molar-refractivity contribution in [3.63, 3.8) is 0 Å². The van der Waals surface area contributed by atoms with Gasteiger partial charge >= 0.3 is 0 Å². The molecule has 3 aromatic carbocycles. The molecule has 0 aromatic heterocycles. The van der Waals surface area contributed by atoms with Crippen molar-refractivity contribution < 1.29 is 27.0 Å². The van der Waals surface area contributed by atoms with E-state index in [-0.39, 0.29) is 39.9 Å². The van der Waals surface area contributed by atoms with Crippen LogP contribution in [0.3, 0.4) is 0 Å². The predicted octanol–water partition coefficient (Wildman–Crippen LogP) is 4.74. The highest BCUT2D eigenvalue weighted by Gasteiger charge is 2.46. The van der Waals surface area contributed by atoms with Gasteiger partial charge in [-0.05, 0) is 54.4 Å². The summed E-state index contributed by atoms with van der Waals surface area (Å²) in [5, 5.41) is 12.9. The smallest absolute Gasteiger partial charge is 0.222 e. The lowest BCUT2D eigenvalue weighted by atomic mass is 9.84. The average molecular weight is 493 g/mol. The number of nitrogens with one attached hydrogen (secondary N) is 1. The molecule has 1 fully saturated rings. The molecule has 2 aliphatic rings. The zero-order valence-corrected chi connectivity index (χ0v) is 20.6. The molecule has 1 saturated heterocycles. The third-order valence-electron chi connectivity index (χ3n) is 6.80. The molecule has 0 saturated carbocycles. The van der Waals surface area contributed by atoms with Crippen LogP contribution in [0.5, 0.6) is 17.2 Å². The largest absolute Gasteiger partial charge is 0.487 e. The second-order valence-corrected chi connectivity index (χ2v) is 9.56. The number of fused-ring (bicyclic) bond motifs is 3. The number of amides is 1. The first-order valence-corrected chi connectivity index (χ1v) is 12.3. The lowest BCUT2D eigenvalue weighted by molar-refractivity contribution is -0.142. The summed E-state index contributed by atoms with van der Waals surface area (Å²) in [5.74, 6) is 2.36. The Morgan fingerprint density at radius 3 is 2.56 bits per heavy atom. The highest BCUT2D eigenvalue weighted by atomic mass is 16.6. The van der Waals surface area contributed by atoms with Gasteiger partial charge in [-0.15, -0.1) is 0 Å². The Bertz CT molecular complexity index is 1190. The van der Waals surface area contributed by atoms with Gasteiger partial charge in [0.05, 0.1) is 19.1 Å². The molecule has 7 heteroatoms. The fraction of sp³-hybridized carbons (Fsp3) is 0.345. The first kappa shape index (κ1) is 24.2. The van der Waals surface area contributed by atoms with Gasteiger partial charge in [0, 0.05) is 40.7 Å². The van der Waals surface area contributed by atoms with E-state index in [0.29, 0.717) is 13.0 Å². The van der Waals surface area contributed by atoms with Crippen molar-refractivity contribution in [2.24, 2.45) is 0 Å². The molecule has 2 aliphatic heterocycles. The van der Waals surface area contributed by atoms with Gasteiger partial charge in [-0.1, -0.05) is 30.3 Å². The standard InChI is InChI=1S/C29H32N2O5.2H2/c1-31(2)20-10-13-26-24(14-20)25-15-23(35-27(18-32)29(25)36-26)16-28(33)30-17-19-8-11-22(12-9-19)34-21-6-4-3-5-7-21;;/h3-14,23,25,27,29,32H,15-18H2,1-2H3,(H,30,33);2*1H/t23-,25-,27-,29+;;/m0../s1. The fourth-order valence-electron chi connectivity index (χ4n) is 4.93. The number of ether oxygens (including phenoxy) is 3. The summed E-state index contributed by atoms with van der Waals surface area (Å²) >= 11 is 0. The number of benzene rings is 3. The van der Waals surface area contributed by atoms with Crippen LogP contribution in [0.15, 0.2) is 72.8 Å². The second-order valence-electron chi connectivity index (χ2n) is 9.56. The number of para-hydroxylation sites is 1. The molecule has 7 nitrogen and oxygen atoms in total. The Balaban J connectivity index is 0.00000200. The maximum absolute atomic E-state index is 12.8. The van der Waals surface area contributed by atoms with Gasteiger partial charge < -0.3 is 29.5 Å². The zero-order chi connectivity index (χ0) is 25.1. The van der Waals surface area contributed by atoms with Crippen LogP contribution >= 0.6 is 0 Å². The lowest BCUT2D eigenvalue weighted by Gasteiger charge is -2.37. The summed E-state index contributed by atoms with van der Waals surface area (Å²) in [5.41, 5.74) is 3.20. The summed E-state index contributed by atoms with van der Waals surface area (Å²) in [7, 11) is 4.01.